The molecule has 0 saturated carbocycles. The van der Waals surface area contributed by atoms with Crippen molar-refractivity contribution in [1.29, 1.82) is 0 Å². The van der Waals surface area contributed by atoms with Crippen LogP contribution in [0.5, 0.6) is 0 Å². The van der Waals surface area contributed by atoms with E-state index >= 15 is 0 Å². The smallest absolute Gasteiger partial charge is 0.408 e. The van der Waals surface area contributed by atoms with Gasteiger partial charge in [-0.3, -0.25) is 9.36 Å². The summed E-state index contributed by atoms with van der Waals surface area (Å²) in [6.45, 7) is 0. The lowest BCUT2D eigenvalue weighted by atomic mass is 10.2. The average molecular weight is 337 g/mol. The molecule has 3 rings (SSSR count). The van der Waals surface area contributed by atoms with Crippen LogP contribution >= 0.6 is 23.2 Å². The largest absolute Gasteiger partial charge is 0.419 e. The fourth-order valence-corrected chi connectivity index (χ4v) is 2.39. The van der Waals surface area contributed by atoms with Crippen molar-refractivity contribution in [2.24, 2.45) is 7.05 Å². The number of halogens is 2. The second-order valence-corrected chi connectivity index (χ2v) is 5.53. The van der Waals surface area contributed by atoms with Crippen LogP contribution in [0.2, 0.25) is 10.0 Å². The molecule has 7 heteroatoms. The Balaban J connectivity index is 1.96. The van der Waals surface area contributed by atoms with Crippen LogP contribution in [-0.2, 0) is 7.05 Å². The summed E-state index contributed by atoms with van der Waals surface area (Å²) in [7, 11) is 1.57. The van der Waals surface area contributed by atoms with Crippen LogP contribution in [0.3, 0.4) is 0 Å². The van der Waals surface area contributed by atoms with Crippen molar-refractivity contribution in [2.75, 3.05) is 5.32 Å². The number of rotatable bonds is 2. The van der Waals surface area contributed by atoms with Gasteiger partial charge in [0.05, 0.1) is 16.2 Å². The molecule has 0 fully saturated rings. The molecule has 22 heavy (non-hydrogen) atoms. The van der Waals surface area contributed by atoms with Crippen molar-refractivity contribution in [3.8, 4) is 0 Å². The first-order valence-corrected chi connectivity index (χ1v) is 7.07. The van der Waals surface area contributed by atoms with Gasteiger partial charge in [0.2, 0.25) is 0 Å². The van der Waals surface area contributed by atoms with Gasteiger partial charge in [-0.1, -0.05) is 23.2 Å². The molecule has 5 nitrogen and oxygen atoms in total. The Hall–Kier alpha value is -2.24. The monoisotopic (exact) mass is 336 g/mol. The third-order valence-corrected chi connectivity index (χ3v) is 3.79. The number of fused-ring (bicyclic) bond motifs is 1. The highest BCUT2D eigenvalue weighted by Gasteiger charge is 2.12. The van der Waals surface area contributed by atoms with E-state index in [9.17, 15) is 9.59 Å². The van der Waals surface area contributed by atoms with E-state index < -0.39 is 5.76 Å². The Morgan fingerprint density at radius 1 is 1.18 bits per heavy atom. The predicted molar refractivity (Wildman–Crippen MR) is 85.9 cm³/mol. The van der Waals surface area contributed by atoms with Crippen molar-refractivity contribution in [3.63, 3.8) is 0 Å². The number of amides is 1. The Labute approximate surface area is 135 Å². The van der Waals surface area contributed by atoms with Crippen LogP contribution in [0.25, 0.3) is 11.1 Å². The van der Waals surface area contributed by atoms with Gasteiger partial charge in [-0.15, -0.1) is 0 Å². The van der Waals surface area contributed by atoms with Crippen LogP contribution in [0, 0.1) is 0 Å². The van der Waals surface area contributed by atoms with E-state index in [0.29, 0.717) is 32.4 Å². The highest BCUT2D eigenvalue weighted by molar-refractivity contribution is 6.35. The Morgan fingerprint density at radius 3 is 2.73 bits per heavy atom. The lowest BCUT2D eigenvalue weighted by molar-refractivity contribution is 0.102. The highest BCUT2D eigenvalue weighted by atomic mass is 35.5. The summed E-state index contributed by atoms with van der Waals surface area (Å²) in [5.41, 5.74) is 1.75. The van der Waals surface area contributed by atoms with Gasteiger partial charge in [-0.2, -0.15) is 0 Å². The van der Waals surface area contributed by atoms with Crippen molar-refractivity contribution in [3.05, 3.63) is 62.6 Å². The Kier molecular flexibility index (Phi) is 3.68. The normalized spacial score (nSPS) is 10.9. The summed E-state index contributed by atoms with van der Waals surface area (Å²) in [6.07, 6.45) is 0. The number of aromatic nitrogens is 1. The summed E-state index contributed by atoms with van der Waals surface area (Å²) in [5.74, 6) is -0.842. The molecule has 1 heterocycles. The van der Waals surface area contributed by atoms with Gasteiger partial charge in [-0.25, -0.2) is 4.79 Å². The van der Waals surface area contributed by atoms with E-state index in [0.717, 1.165) is 0 Å². The molecule has 0 atom stereocenters. The fraction of sp³-hybridized carbons (Fsp3) is 0.0667. The first-order chi connectivity index (χ1) is 10.5. The number of carbonyl (C=O) groups excluding carboxylic acids is 1. The van der Waals surface area contributed by atoms with Crippen LogP contribution in [0.1, 0.15) is 10.4 Å². The summed E-state index contributed by atoms with van der Waals surface area (Å²) in [5, 5.41) is 3.53. The maximum Gasteiger partial charge on any atom is 0.419 e. The molecule has 0 bridgehead atoms. The molecular formula is C15H10Cl2N2O3. The summed E-state index contributed by atoms with van der Waals surface area (Å²) >= 11 is 11.9. The second-order valence-electron chi connectivity index (χ2n) is 4.69. The first-order valence-electron chi connectivity index (χ1n) is 6.31. The number of hydrogen-bond acceptors (Lipinski definition) is 3. The van der Waals surface area contributed by atoms with E-state index in [2.05, 4.69) is 5.32 Å². The van der Waals surface area contributed by atoms with Crippen LogP contribution in [0.15, 0.2) is 45.6 Å². The Morgan fingerprint density at radius 2 is 1.95 bits per heavy atom. The number of nitrogens with one attached hydrogen (secondary N) is 1. The number of carbonyl (C=O) groups is 1. The van der Waals surface area contributed by atoms with E-state index in [1.165, 1.54) is 4.57 Å². The molecule has 0 aliphatic heterocycles. The van der Waals surface area contributed by atoms with Crippen LogP contribution < -0.4 is 11.1 Å². The minimum atomic E-state index is -0.481. The van der Waals surface area contributed by atoms with Crippen LogP contribution in [-0.4, -0.2) is 10.5 Å². The van der Waals surface area contributed by atoms with Crippen molar-refractivity contribution in [1.82, 2.24) is 4.57 Å². The number of oxazole rings is 1. The van der Waals surface area contributed by atoms with Crippen molar-refractivity contribution in [2.45, 2.75) is 0 Å². The molecule has 3 aromatic rings. The summed E-state index contributed by atoms with van der Waals surface area (Å²) in [6, 6.07) is 9.52. The molecule has 2 aromatic carbocycles. The lowest BCUT2D eigenvalue weighted by Crippen LogP contribution is -2.13. The molecule has 0 aliphatic rings. The number of nitrogens with zero attached hydrogens (tertiary/aromatic N) is 1. The quantitative estimate of drug-likeness (QED) is 0.776. The molecule has 0 unspecified atom stereocenters. The zero-order valence-corrected chi connectivity index (χ0v) is 12.9. The standard InChI is InChI=1S/C15H10Cl2N2O3/c1-19-12-6-8(2-5-13(12)22-15(19)21)14(20)18-11-7-9(16)3-4-10(11)17/h2-7H,1H3,(H,18,20). The molecule has 1 aromatic heterocycles. The van der Waals surface area contributed by atoms with Gasteiger partial charge < -0.3 is 9.73 Å². The third kappa shape index (κ3) is 2.61. The number of anilines is 1. The molecular weight excluding hydrogens is 327 g/mol. The Bertz CT molecular complexity index is 944. The molecule has 1 N–H and O–H groups in total. The van der Waals surface area contributed by atoms with E-state index in [-0.39, 0.29) is 5.91 Å². The SMILES string of the molecule is Cn1c(=O)oc2ccc(C(=O)Nc3cc(Cl)ccc3Cl)cc21. The van der Waals surface area contributed by atoms with Crippen molar-refractivity contribution >= 4 is 45.9 Å². The van der Waals surface area contributed by atoms with Crippen LogP contribution in [0.4, 0.5) is 5.69 Å². The average Bonchev–Trinajstić information content (AvgIpc) is 2.77. The lowest BCUT2D eigenvalue weighted by Gasteiger charge is -2.08. The zero-order chi connectivity index (χ0) is 15.9. The molecule has 0 aliphatic carbocycles. The molecule has 1 amide bonds. The maximum absolute atomic E-state index is 12.3. The van der Waals surface area contributed by atoms with Gasteiger partial charge in [0, 0.05) is 17.6 Å². The molecule has 0 saturated heterocycles. The first kappa shape index (κ1) is 14.7. The van der Waals surface area contributed by atoms with Gasteiger partial charge in [0.1, 0.15) is 0 Å². The number of aryl methyl sites for hydroxylation is 1. The van der Waals surface area contributed by atoms with Gasteiger partial charge >= 0.3 is 5.76 Å². The minimum absolute atomic E-state index is 0.361. The summed E-state index contributed by atoms with van der Waals surface area (Å²) < 4.78 is 6.36. The second kappa shape index (κ2) is 5.51. The van der Waals surface area contributed by atoms with Gasteiger partial charge in [0.15, 0.2) is 5.58 Å². The third-order valence-electron chi connectivity index (χ3n) is 3.23. The fourth-order valence-electron chi connectivity index (χ4n) is 2.06. The van der Waals surface area contributed by atoms with E-state index in [1.54, 1.807) is 43.4 Å². The molecule has 112 valence electrons. The minimum Gasteiger partial charge on any atom is -0.408 e. The van der Waals surface area contributed by atoms with Crippen molar-refractivity contribution < 1.29 is 9.21 Å². The van der Waals surface area contributed by atoms with Gasteiger partial charge in [-0.05, 0) is 36.4 Å². The predicted octanol–water partition coefficient (Wildman–Crippen LogP) is 3.69. The zero-order valence-electron chi connectivity index (χ0n) is 11.4. The maximum atomic E-state index is 12.3. The topological polar surface area (TPSA) is 64.2 Å². The van der Waals surface area contributed by atoms with E-state index in [4.69, 9.17) is 27.6 Å². The number of hydrogen-bond donors (Lipinski definition) is 1. The van der Waals surface area contributed by atoms with E-state index in [1.807, 2.05) is 0 Å². The molecule has 0 spiro atoms. The van der Waals surface area contributed by atoms with Gasteiger partial charge in [0.25, 0.3) is 5.91 Å². The molecule has 0 radical (unpaired) electrons. The number of benzene rings is 2. The highest BCUT2D eigenvalue weighted by Crippen LogP contribution is 2.26. The summed E-state index contributed by atoms with van der Waals surface area (Å²) in [4.78, 5) is 23.8.